The van der Waals surface area contributed by atoms with Crippen LogP contribution in [0, 0.1) is 0 Å². The molecule has 1 aromatic rings. The number of benzene rings is 1. The van der Waals surface area contributed by atoms with Crippen molar-refractivity contribution in [1.29, 1.82) is 0 Å². The van der Waals surface area contributed by atoms with E-state index in [0.29, 0.717) is 16.6 Å². The van der Waals surface area contributed by atoms with E-state index in [1.54, 1.807) is 12.1 Å². The van der Waals surface area contributed by atoms with Crippen LogP contribution in [0.1, 0.15) is 25.3 Å². The maximum absolute atomic E-state index is 12.2. The number of anilines is 1. The summed E-state index contributed by atoms with van der Waals surface area (Å²) in [5, 5.41) is 3.46. The van der Waals surface area contributed by atoms with Gasteiger partial charge in [0.25, 0.3) is 10.0 Å². The Labute approximate surface area is 124 Å². The van der Waals surface area contributed by atoms with Gasteiger partial charge >= 0.3 is 0 Å². The molecule has 4 nitrogen and oxygen atoms in total. The molecule has 0 spiro atoms. The third-order valence-electron chi connectivity index (χ3n) is 2.93. The third-order valence-corrected chi connectivity index (χ3v) is 5.23. The SMILES string of the molecule is C=CCSC1=NS(=O)(=O)c2cc(CCCC)ccc2N1. The van der Waals surface area contributed by atoms with Gasteiger partial charge in [-0.15, -0.1) is 11.0 Å². The summed E-state index contributed by atoms with van der Waals surface area (Å²) < 4.78 is 28.2. The van der Waals surface area contributed by atoms with Crippen LogP contribution < -0.4 is 5.32 Å². The molecule has 0 saturated heterocycles. The lowest BCUT2D eigenvalue weighted by Gasteiger charge is -2.18. The van der Waals surface area contributed by atoms with Crippen LogP contribution in [0.15, 0.2) is 40.1 Å². The van der Waals surface area contributed by atoms with Crippen LogP contribution in [-0.2, 0) is 16.4 Å². The second-order valence-corrected chi connectivity index (χ2v) is 7.11. The van der Waals surface area contributed by atoms with Gasteiger partial charge in [-0.1, -0.05) is 37.2 Å². The average Bonchev–Trinajstić information content (AvgIpc) is 2.42. The van der Waals surface area contributed by atoms with Crippen LogP contribution in [0.3, 0.4) is 0 Å². The van der Waals surface area contributed by atoms with E-state index in [-0.39, 0.29) is 4.90 Å². The van der Waals surface area contributed by atoms with Crippen LogP contribution in [0.25, 0.3) is 0 Å². The first-order valence-corrected chi connectivity index (χ1v) is 8.98. The maximum Gasteiger partial charge on any atom is 0.286 e. The van der Waals surface area contributed by atoms with Gasteiger partial charge in [0.05, 0.1) is 5.69 Å². The number of hydrogen-bond acceptors (Lipinski definition) is 4. The van der Waals surface area contributed by atoms with Gasteiger partial charge < -0.3 is 5.32 Å². The summed E-state index contributed by atoms with van der Waals surface area (Å²) in [7, 11) is -3.60. The van der Waals surface area contributed by atoms with Gasteiger partial charge in [0, 0.05) is 5.75 Å². The van der Waals surface area contributed by atoms with Gasteiger partial charge in [-0.2, -0.15) is 8.42 Å². The number of aryl methyl sites for hydroxylation is 1. The number of thioether (sulfide) groups is 1. The minimum Gasteiger partial charge on any atom is -0.333 e. The van der Waals surface area contributed by atoms with Crippen molar-refractivity contribution in [3.05, 3.63) is 36.4 Å². The molecule has 0 amide bonds. The van der Waals surface area contributed by atoms with Gasteiger partial charge in [0.1, 0.15) is 4.90 Å². The Bertz CT molecular complexity index is 637. The number of unbranched alkanes of at least 4 members (excludes halogenated alkanes) is 1. The van der Waals surface area contributed by atoms with E-state index in [1.807, 2.05) is 12.1 Å². The summed E-state index contributed by atoms with van der Waals surface area (Å²) >= 11 is 1.32. The zero-order valence-corrected chi connectivity index (χ0v) is 13.1. The largest absolute Gasteiger partial charge is 0.333 e. The molecule has 1 N–H and O–H groups in total. The molecule has 0 unspecified atom stereocenters. The van der Waals surface area contributed by atoms with Crippen LogP contribution in [0.2, 0.25) is 0 Å². The van der Waals surface area contributed by atoms with Crippen molar-refractivity contribution in [2.24, 2.45) is 4.40 Å². The molecule has 108 valence electrons. The quantitative estimate of drug-likeness (QED) is 0.847. The summed E-state index contributed by atoms with van der Waals surface area (Å²) in [6.07, 6.45) is 4.74. The number of rotatable bonds is 5. The van der Waals surface area contributed by atoms with Crippen LogP contribution in [-0.4, -0.2) is 19.3 Å². The molecule has 2 rings (SSSR count). The minimum atomic E-state index is -3.60. The monoisotopic (exact) mass is 310 g/mol. The van der Waals surface area contributed by atoms with Crippen molar-refractivity contribution < 1.29 is 8.42 Å². The molecule has 0 fully saturated rings. The van der Waals surface area contributed by atoms with Gasteiger partial charge in [-0.05, 0) is 30.5 Å². The molecule has 1 heterocycles. The topological polar surface area (TPSA) is 58.5 Å². The summed E-state index contributed by atoms with van der Waals surface area (Å²) in [4.78, 5) is 0.272. The lowest BCUT2D eigenvalue weighted by atomic mass is 10.1. The van der Waals surface area contributed by atoms with Gasteiger partial charge in [-0.3, -0.25) is 0 Å². The molecule has 0 aromatic heterocycles. The van der Waals surface area contributed by atoms with E-state index >= 15 is 0 Å². The molecule has 1 aliphatic heterocycles. The number of sulfonamides is 1. The number of nitrogens with one attached hydrogen (secondary N) is 1. The fourth-order valence-corrected chi connectivity index (χ4v) is 3.94. The highest BCUT2D eigenvalue weighted by Crippen LogP contribution is 2.30. The summed E-state index contributed by atoms with van der Waals surface area (Å²) in [5.74, 6) is 0.616. The van der Waals surface area contributed by atoms with Crippen molar-refractivity contribution in [2.45, 2.75) is 31.1 Å². The molecule has 0 aliphatic carbocycles. The standard InChI is InChI=1S/C14H18N2O2S2/c1-3-5-6-11-7-8-12-13(10-11)20(17,18)16-14(15-12)19-9-4-2/h4,7-8,10H,2-3,5-6,9H2,1H3,(H,15,16). The van der Waals surface area contributed by atoms with Crippen LogP contribution in [0.5, 0.6) is 0 Å². The number of nitrogens with zero attached hydrogens (tertiary/aromatic N) is 1. The Morgan fingerprint density at radius 2 is 2.25 bits per heavy atom. The van der Waals surface area contributed by atoms with Gasteiger partial charge in [-0.25, -0.2) is 0 Å². The zero-order valence-electron chi connectivity index (χ0n) is 11.4. The summed E-state index contributed by atoms with van der Waals surface area (Å²) in [6, 6.07) is 5.52. The summed E-state index contributed by atoms with van der Waals surface area (Å²) in [5.41, 5.74) is 1.64. The first kappa shape index (κ1) is 15.1. The van der Waals surface area contributed by atoms with Gasteiger partial charge in [0.2, 0.25) is 0 Å². The zero-order chi connectivity index (χ0) is 14.6. The highest BCUT2D eigenvalue weighted by Gasteiger charge is 2.25. The Morgan fingerprint density at radius 1 is 1.45 bits per heavy atom. The molecule has 0 saturated carbocycles. The fourth-order valence-electron chi connectivity index (χ4n) is 1.92. The van der Waals surface area contributed by atoms with Crippen molar-refractivity contribution in [2.75, 3.05) is 11.1 Å². The lowest BCUT2D eigenvalue weighted by Crippen LogP contribution is -2.19. The van der Waals surface area contributed by atoms with E-state index in [9.17, 15) is 8.42 Å². The highest BCUT2D eigenvalue weighted by molar-refractivity contribution is 8.15. The summed E-state index contributed by atoms with van der Waals surface area (Å²) in [6.45, 7) is 5.73. The fraction of sp³-hybridized carbons (Fsp3) is 0.357. The van der Waals surface area contributed by atoms with Gasteiger partial charge in [0.15, 0.2) is 5.17 Å². The first-order chi connectivity index (χ1) is 9.56. The minimum absolute atomic E-state index is 0.272. The molecule has 1 aliphatic rings. The lowest BCUT2D eigenvalue weighted by molar-refractivity contribution is 0.597. The third kappa shape index (κ3) is 3.43. The molecular weight excluding hydrogens is 292 g/mol. The maximum atomic E-state index is 12.2. The Morgan fingerprint density at radius 3 is 2.95 bits per heavy atom. The van der Waals surface area contributed by atoms with Crippen LogP contribution >= 0.6 is 11.8 Å². The van der Waals surface area contributed by atoms with Crippen molar-refractivity contribution >= 4 is 32.6 Å². The molecule has 1 aromatic carbocycles. The number of hydrogen-bond donors (Lipinski definition) is 1. The predicted molar refractivity (Wildman–Crippen MR) is 86.0 cm³/mol. The van der Waals surface area contributed by atoms with E-state index in [1.165, 1.54) is 11.8 Å². The number of fused-ring (bicyclic) bond motifs is 1. The highest BCUT2D eigenvalue weighted by atomic mass is 32.2. The van der Waals surface area contributed by atoms with E-state index in [4.69, 9.17) is 0 Å². The molecule has 20 heavy (non-hydrogen) atoms. The second kappa shape index (κ2) is 6.45. The molecule has 0 atom stereocenters. The van der Waals surface area contributed by atoms with E-state index < -0.39 is 10.0 Å². The molecule has 0 bridgehead atoms. The smallest absolute Gasteiger partial charge is 0.286 e. The van der Waals surface area contributed by atoms with Crippen molar-refractivity contribution in [1.82, 2.24) is 0 Å². The average molecular weight is 310 g/mol. The Hall–Kier alpha value is -1.27. The van der Waals surface area contributed by atoms with Crippen molar-refractivity contribution in [3.8, 4) is 0 Å². The van der Waals surface area contributed by atoms with Crippen molar-refractivity contribution in [3.63, 3.8) is 0 Å². The molecular formula is C14H18N2O2S2. The molecule has 0 radical (unpaired) electrons. The normalized spacial score (nSPS) is 15.9. The predicted octanol–water partition coefficient (Wildman–Crippen LogP) is 3.42. The first-order valence-electron chi connectivity index (χ1n) is 6.55. The molecule has 6 heteroatoms. The van der Waals surface area contributed by atoms with E-state index in [0.717, 1.165) is 24.8 Å². The number of amidine groups is 1. The Balaban J connectivity index is 2.30. The van der Waals surface area contributed by atoms with Crippen LogP contribution in [0.4, 0.5) is 5.69 Å². The van der Waals surface area contributed by atoms with E-state index in [2.05, 4.69) is 23.2 Å². The second-order valence-electron chi connectivity index (χ2n) is 4.53. The Kier molecular flexibility index (Phi) is 4.88.